The fourth-order valence-corrected chi connectivity index (χ4v) is 2.29. The predicted octanol–water partition coefficient (Wildman–Crippen LogP) is 3.41. The summed E-state index contributed by atoms with van der Waals surface area (Å²) in [5, 5.41) is 3.53. The van der Waals surface area contributed by atoms with E-state index in [0.29, 0.717) is 5.92 Å². The van der Waals surface area contributed by atoms with Gasteiger partial charge in [-0.25, -0.2) is 0 Å². The minimum Gasteiger partial charge on any atom is -0.316 e. The quantitative estimate of drug-likeness (QED) is 0.766. The normalized spacial score (nSPS) is 12.3. The average molecular weight is 254 g/mol. The van der Waals surface area contributed by atoms with Crippen LogP contribution in [-0.2, 0) is 6.42 Å². The summed E-state index contributed by atoms with van der Waals surface area (Å²) in [6.45, 7) is 4.30. The van der Waals surface area contributed by atoms with Gasteiger partial charge in [-0.3, -0.25) is 4.98 Å². The SMILES string of the molecule is CCCNCC(Cc1cccnc1)c1ccccc1. The lowest BCUT2D eigenvalue weighted by Crippen LogP contribution is -2.23. The van der Waals surface area contributed by atoms with Crippen molar-refractivity contribution in [1.29, 1.82) is 0 Å². The van der Waals surface area contributed by atoms with Crippen molar-refractivity contribution in [3.8, 4) is 0 Å². The molecule has 1 N–H and O–H groups in total. The molecule has 100 valence electrons. The van der Waals surface area contributed by atoms with Gasteiger partial charge in [0.15, 0.2) is 0 Å². The molecule has 1 unspecified atom stereocenters. The van der Waals surface area contributed by atoms with E-state index in [0.717, 1.165) is 19.5 Å². The third kappa shape index (κ3) is 4.49. The molecule has 1 heterocycles. The van der Waals surface area contributed by atoms with Crippen molar-refractivity contribution in [3.63, 3.8) is 0 Å². The van der Waals surface area contributed by atoms with Crippen LogP contribution in [0.15, 0.2) is 54.9 Å². The molecule has 19 heavy (non-hydrogen) atoms. The zero-order valence-electron chi connectivity index (χ0n) is 11.5. The van der Waals surface area contributed by atoms with Crippen molar-refractivity contribution < 1.29 is 0 Å². The van der Waals surface area contributed by atoms with Crippen LogP contribution in [0.4, 0.5) is 0 Å². The number of nitrogens with zero attached hydrogens (tertiary/aromatic N) is 1. The van der Waals surface area contributed by atoms with Crippen LogP contribution in [0, 0.1) is 0 Å². The highest BCUT2D eigenvalue weighted by molar-refractivity contribution is 5.23. The standard InChI is InChI=1S/C17H22N2/c1-2-10-18-14-17(16-8-4-3-5-9-16)12-15-7-6-11-19-13-15/h3-9,11,13,17-18H,2,10,12,14H2,1H3. The molecule has 0 amide bonds. The molecule has 0 spiro atoms. The molecule has 2 aromatic rings. The van der Waals surface area contributed by atoms with Gasteiger partial charge in [-0.1, -0.05) is 43.3 Å². The van der Waals surface area contributed by atoms with Crippen molar-refractivity contribution in [1.82, 2.24) is 10.3 Å². The molecule has 2 nitrogen and oxygen atoms in total. The third-order valence-electron chi connectivity index (χ3n) is 3.29. The second-order valence-corrected chi connectivity index (χ2v) is 4.88. The van der Waals surface area contributed by atoms with Gasteiger partial charge in [0, 0.05) is 24.9 Å². The second-order valence-electron chi connectivity index (χ2n) is 4.88. The summed E-state index contributed by atoms with van der Waals surface area (Å²) < 4.78 is 0. The van der Waals surface area contributed by atoms with Gasteiger partial charge >= 0.3 is 0 Å². The van der Waals surface area contributed by atoms with Gasteiger partial charge in [0.05, 0.1) is 0 Å². The topological polar surface area (TPSA) is 24.9 Å². The predicted molar refractivity (Wildman–Crippen MR) is 80.3 cm³/mol. The minimum absolute atomic E-state index is 0.511. The molecule has 0 aliphatic carbocycles. The number of benzene rings is 1. The molecular weight excluding hydrogens is 232 g/mol. The first kappa shape index (κ1) is 13.8. The van der Waals surface area contributed by atoms with Gasteiger partial charge < -0.3 is 5.32 Å². The summed E-state index contributed by atoms with van der Waals surface area (Å²) >= 11 is 0. The van der Waals surface area contributed by atoms with E-state index in [4.69, 9.17) is 0 Å². The molecule has 2 heteroatoms. The minimum atomic E-state index is 0.511. The summed E-state index contributed by atoms with van der Waals surface area (Å²) in [6.07, 6.45) is 6.01. The van der Waals surface area contributed by atoms with Crippen LogP contribution >= 0.6 is 0 Å². The summed E-state index contributed by atoms with van der Waals surface area (Å²) in [5.74, 6) is 0.511. The highest BCUT2D eigenvalue weighted by Gasteiger charge is 2.11. The van der Waals surface area contributed by atoms with Crippen LogP contribution in [0.3, 0.4) is 0 Å². The van der Waals surface area contributed by atoms with Gasteiger partial charge in [-0.05, 0) is 36.6 Å². The van der Waals surface area contributed by atoms with Gasteiger partial charge in [-0.2, -0.15) is 0 Å². The Morgan fingerprint density at radius 3 is 2.63 bits per heavy atom. The van der Waals surface area contributed by atoms with E-state index in [9.17, 15) is 0 Å². The molecule has 0 aliphatic heterocycles. The zero-order valence-corrected chi connectivity index (χ0v) is 11.5. The van der Waals surface area contributed by atoms with Crippen LogP contribution in [-0.4, -0.2) is 18.1 Å². The lowest BCUT2D eigenvalue weighted by atomic mass is 9.92. The van der Waals surface area contributed by atoms with E-state index in [1.54, 1.807) is 0 Å². The number of hydrogen-bond donors (Lipinski definition) is 1. The smallest absolute Gasteiger partial charge is 0.0300 e. The van der Waals surface area contributed by atoms with Crippen molar-refractivity contribution in [2.75, 3.05) is 13.1 Å². The Labute approximate surface area is 115 Å². The molecule has 1 aromatic heterocycles. The van der Waals surface area contributed by atoms with Crippen LogP contribution in [0.5, 0.6) is 0 Å². The van der Waals surface area contributed by atoms with Crippen LogP contribution in [0.2, 0.25) is 0 Å². The van der Waals surface area contributed by atoms with Crippen molar-refractivity contribution in [3.05, 3.63) is 66.0 Å². The highest BCUT2D eigenvalue weighted by Crippen LogP contribution is 2.19. The Balaban J connectivity index is 2.06. The van der Waals surface area contributed by atoms with E-state index < -0.39 is 0 Å². The maximum Gasteiger partial charge on any atom is 0.0300 e. The Morgan fingerprint density at radius 1 is 1.11 bits per heavy atom. The summed E-state index contributed by atoms with van der Waals surface area (Å²) in [6, 6.07) is 14.9. The molecule has 2 rings (SSSR count). The van der Waals surface area contributed by atoms with E-state index in [1.807, 2.05) is 18.5 Å². The van der Waals surface area contributed by atoms with E-state index in [2.05, 4.69) is 53.6 Å². The van der Waals surface area contributed by atoms with Crippen LogP contribution < -0.4 is 5.32 Å². The molecular formula is C17H22N2. The fraction of sp³-hybridized carbons (Fsp3) is 0.353. The van der Waals surface area contributed by atoms with E-state index in [-0.39, 0.29) is 0 Å². The monoisotopic (exact) mass is 254 g/mol. The Hall–Kier alpha value is -1.67. The Kier molecular flexibility index (Phi) is 5.57. The average Bonchev–Trinajstić information content (AvgIpc) is 2.48. The van der Waals surface area contributed by atoms with Crippen LogP contribution in [0.25, 0.3) is 0 Å². The van der Waals surface area contributed by atoms with E-state index in [1.165, 1.54) is 17.5 Å². The number of aromatic nitrogens is 1. The van der Waals surface area contributed by atoms with Crippen LogP contribution in [0.1, 0.15) is 30.4 Å². The third-order valence-corrected chi connectivity index (χ3v) is 3.29. The Morgan fingerprint density at radius 2 is 1.95 bits per heavy atom. The van der Waals surface area contributed by atoms with E-state index >= 15 is 0 Å². The number of hydrogen-bond acceptors (Lipinski definition) is 2. The molecule has 1 atom stereocenters. The van der Waals surface area contributed by atoms with Gasteiger partial charge in [0.25, 0.3) is 0 Å². The summed E-state index contributed by atoms with van der Waals surface area (Å²) in [7, 11) is 0. The molecule has 0 aliphatic rings. The summed E-state index contributed by atoms with van der Waals surface area (Å²) in [4.78, 5) is 4.21. The van der Waals surface area contributed by atoms with Gasteiger partial charge in [0.1, 0.15) is 0 Å². The molecule has 0 saturated carbocycles. The highest BCUT2D eigenvalue weighted by atomic mass is 14.8. The van der Waals surface area contributed by atoms with Gasteiger partial charge in [-0.15, -0.1) is 0 Å². The number of nitrogens with one attached hydrogen (secondary N) is 1. The first-order chi connectivity index (χ1) is 9.40. The largest absolute Gasteiger partial charge is 0.316 e. The molecule has 0 radical (unpaired) electrons. The van der Waals surface area contributed by atoms with Gasteiger partial charge in [0.2, 0.25) is 0 Å². The number of rotatable bonds is 7. The maximum absolute atomic E-state index is 4.21. The zero-order chi connectivity index (χ0) is 13.3. The van der Waals surface area contributed by atoms with Crippen molar-refractivity contribution >= 4 is 0 Å². The maximum atomic E-state index is 4.21. The van der Waals surface area contributed by atoms with Crippen molar-refractivity contribution in [2.45, 2.75) is 25.7 Å². The molecule has 0 saturated heterocycles. The molecule has 0 fully saturated rings. The Bertz CT molecular complexity index is 453. The lowest BCUT2D eigenvalue weighted by Gasteiger charge is -2.18. The molecule has 0 bridgehead atoms. The first-order valence-electron chi connectivity index (χ1n) is 7.04. The molecule has 1 aromatic carbocycles. The second kappa shape index (κ2) is 7.70. The fourth-order valence-electron chi connectivity index (χ4n) is 2.29. The number of pyridine rings is 1. The lowest BCUT2D eigenvalue weighted by molar-refractivity contribution is 0.576. The van der Waals surface area contributed by atoms with Crippen molar-refractivity contribution in [2.24, 2.45) is 0 Å². The summed E-state index contributed by atoms with van der Waals surface area (Å²) in [5.41, 5.74) is 2.70. The first-order valence-corrected chi connectivity index (χ1v) is 7.04.